The van der Waals surface area contributed by atoms with E-state index in [-0.39, 0.29) is 24.3 Å². The number of hydrogen-bond donors (Lipinski definition) is 0. The van der Waals surface area contributed by atoms with Crippen molar-refractivity contribution in [2.45, 2.75) is 12.8 Å². The van der Waals surface area contributed by atoms with E-state index in [1.165, 1.54) is 0 Å². The van der Waals surface area contributed by atoms with E-state index in [1.807, 2.05) is 47.4 Å². The molecule has 1 aliphatic carbocycles. The van der Waals surface area contributed by atoms with Crippen molar-refractivity contribution in [2.75, 3.05) is 32.8 Å². The van der Waals surface area contributed by atoms with Crippen molar-refractivity contribution in [1.82, 2.24) is 9.80 Å². The summed E-state index contributed by atoms with van der Waals surface area (Å²) in [5.74, 6) is 1.16. The quantitative estimate of drug-likeness (QED) is 0.820. The van der Waals surface area contributed by atoms with Gasteiger partial charge in [-0.25, -0.2) is 0 Å². The number of ether oxygens (including phenoxy) is 1. The zero-order chi connectivity index (χ0) is 18.6. The van der Waals surface area contributed by atoms with Crippen LogP contribution in [-0.2, 0) is 9.59 Å². The Balaban J connectivity index is 1.25. The lowest BCUT2D eigenvalue weighted by atomic mass is 10.1. The monoisotopic (exact) mass is 364 g/mol. The molecule has 2 fully saturated rings. The van der Waals surface area contributed by atoms with Gasteiger partial charge < -0.3 is 14.5 Å². The third kappa shape index (κ3) is 4.30. The molecule has 2 aromatic carbocycles. The molecule has 1 saturated carbocycles. The summed E-state index contributed by atoms with van der Waals surface area (Å²) < 4.78 is 5.66. The van der Waals surface area contributed by atoms with Gasteiger partial charge in [-0.1, -0.05) is 42.5 Å². The molecular weight excluding hydrogens is 340 g/mol. The van der Waals surface area contributed by atoms with Crippen LogP contribution in [0.3, 0.4) is 0 Å². The molecule has 2 aliphatic rings. The number of benzene rings is 2. The summed E-state index contributed by atoms with van der Waals surface area (Å²) in [7, 11) is 0. The first-order valence-electron chi connectivity index (χ1n) is 9.55. The molecule has 0 bridgehead atoms. The maximum absolute atomic E-state index is 12.4. The summed E-state index contributed by atoms with van der Waals surface area (Å²) in [6, 6.07) is 17.9. The van der Waals surface area contributed by atoms with Crippen LogP contribution in [0.5, 0.6) is 5.75 Å². The highest BCUT2D eigenvalue weighted by atomic mass is 16.5. The molecule has 2 amide bonds. The van der Waals surface area contributed by atoms with E-state index in [1.54, 1.807) is 4.90 Å². The van der Waals surface area contributed by atoms with Crippen LogP contribution < -0.4 is 4.74 Å². The smallest absolute Gasteiger partial charge is 0.260 e. The predicted molar refractivity (Wildman–Crippen MR) is 103 cm³/mol. The lowest BCUT2D eigenvalue weighted by molar-refractivity contribution is -0.141. The summed E-state index contributed by atoms with van der Waals surface area (Å²) in [5, 5.41) is 0. The molecule has 27 heavy (non-hydrogen) atoms. The van der Waals surface area contributed by atoms with Gasteiger partial charge in [-0.15, -0.1) is 0 Å². The van der Waals surface area contributed by atoms with Crippen LogP contribution in [0.1, 0.15) is 12.8 Å². The van der Waals surface area contributed by atoms with Crippen molar-refractivity contribution in [3.63, 3.8) is 0 Å². The molecule has 5 heteroatoms. The highest BCUT2D eigenvalue weighted by Gasteiger charge is 2.35. The van der Waals surface area contributed by atoms with Crippen molar-refractivity contribution in [3.05, 3.63) is 54.6 Å². The molecule has 1 heterocycles. The number of carbonyl (C=O) groups is 2. The number of hydrogen-bond acceptors (Lipinski definition) is 3. The van der Waals surface area contributed by atoms with E-state index in [2.05, 4.69) is 12.1 Å². The van der Waals surface area contributed by atoms with E-state index in [0.717, 1.165) is 24.0 Å². The molecule has 1 aliphatic heterocycles. The third-order valence-electron chi connectivity index (χ3n) is 5.19. The highest BCUT2D eigenvalue weighted by Crippen LogP contribution is 2.31. The summed E-state index contributed by atoms with van der Waals surface area (Å²) in [6.07, 6.45) is 2.05. The molecule has 140 valence electrons. The third-order valence-corrected chi connectivity index (χ3v) is 5.19. The Hall–Kier alpha value is -2.82. The fourth-order valence-corrected chi connectivity index (χ4v) is 3.38. The Labute approximate surface area is 159 Å². The molecule has 2 aromatic rings. The van der Waals surface area contributed by atoms with E-state index in [9.17, 15) is 9.59 Å². The fraction of sp³-hybridized carbons (Fsp3) is 0.364. The van der Waals surface area contributed by atoms with Gasteiger partial charge in [-0.05, 0) is 36.1 Å². The molecule has 0 radical (unpaired) electrons. The van der Waals surface area contributed by atoms with Crippen LogP contribution in [0.4, 0.5) is 0 Å². The normalized spacial score (nSPS) is 16.9. The van der Waals surface area contributed by atoms with Crippen molar-refractivity contribution in [3.8, 4) is 16.9 Å². The zero-order valence-corrected chi connectivity index (χ0v) is 15.3. The first kappa shape index (κ1) is 17.6. The molecule has 0 spiro atoms. The van der Waals surface area contributed by atoms with Crippen molar-refractivity contribution < 1.29 is 14.3 Å². The SMILES string of the molecule is O=C(COc1ccc(-c2ccccc2)cc1)N1CCN(C(=O)C2CC2)CC1. The largest absolute Gasteiger partial charge is 0.484 e. The summed E-state index contributed by atoms with van der Waals surface area (Å²) in [5.41, 5.74) is 2.27. The van der Waals surface area contributed by atoms with Gasteiger partial charge in [0.25, 0.3) is 5.91 Å². The molecular formula is C22H24N2O3. The maximum Gasteiger partial charge on any atom is 0.260 e. The van der Waals surface area contributed by atoms with Crippen LogP contribution >= 0.6 is 0 Å². The molecule has 5 nitrogen and oxygen atoms in total. The number of carbonyl (C=O) groups excluding carboxylic acids is 2. The van der Waals surface area contributed by atoms with Gasteiger partial charge in [0.1, 0.15) is 5.75 Å². The van der Waals surface area contributed by atoms with Crippen LogP contribution in [0.2, 0.25) is 0 Å². The zero-order valence-electron chi connectivity index (χ0n) is 15.3. The second-order valence-electron chi connectivity index (χ2n) is 7.16. The van der Waals surface area contributed by atoms with Crippen LogP contribution in [-0.4, -0.2) is 54.4 Å². The Bertz CT molecular complexity index is 792. The van der Waals surface area contributed by atoms with Gasteiger partial charge >= 0.3 is 0 Å². The highest BCUT2D eigenvalue weighted by molar-refractivity contribution is 5.82. The minimum Gasteiger partial charge on any atom is -0.484 e. The Morgan fingerprint density at radius 2 is 1.41 bits per heavy atom. The average Bonchev–Trinajstić information content (AvgIpc) is 3.58. The number of nitrogens with zero attached hydrogens (tertiary/aromatic N) is 2. The average molecular weight is 364 g/mol. The minimum absolute atomic E-state index is 0.0272. The summed E-state index contributed by atoms with van der Waals surface area (Å²) in [4.78, 5) is 28.1. The van der Waals surface area contributed by atoms with Gasteiger partial charge in [0.15, 0.2) is 6.61 Å². The number of rotatable bonds is 5. The summed E-state index contributed by atoms with van der Waals surface area (Å²) >= 11 is 0. The second kappa shape index (κ2) is 7.82. The molecule has 0 atom stereocenters. The van der Waals surface area contributed by atoms with Crippen molar-refractivity contribution >= 4 is 11.8 Å². The van der Waals surface area contributed by atoms with E-state index in [0.29, 0.717) is 31.9 Å². The van der Waals surface area contributed by atoms with Crippen LogP contribution in [0.15, 0.2) is 54.6 Å². The lowest BCUT2D eigenvalue weighted by Gasteiger charge is -2.34. The van der Waals surface area contributed by atoms with E-state index in [4.69, 9.17) is 4.74 Å². The summed E-state index contributed by atoms with van der Waals surface area (Å²) in [6.45, 7) is 2.47. The predicted octanol–water partition coefficient (Wildman–Crippen LogP) is 2.81. The molecule has 0 N–H and O–H groups in total. The van der Waals surface area contributed by atoms with Gasteiger partial charge in [-0.3, -0.25) is 9.59 Å². The molecule has 4 rings (SSSR count). The van der Waals surface area contributed by atoms with E-state index >= 15 is 0 Å². The van der Waals surface area contributed by atoms with E-state index < -0.39 is 0 Å². The van der Waals surface area contributed by atoms with Crippen molar-refractivity contribution in [1.29, 1.82) is 0 Å². The van der Waals surface area contributed by atoms with Crippen LogP contribution in [0.25, 0.3) is 11.1 Å². The fourth-order valence-electron chi connectivity index (χ4n) is 3.38. The lowest BCUT2D eigenvalue weighted by Crippen LogP contribution is -2.52. The Morgan fingerprint density at radius 3 is 2.04 bits per heavy atom. The number of amides is 2. The maximum atomic E-state index is 12.4. The van der Waals surface area contributed by atoms with Gasteiger partial charge in [0.2, 0.25) is 5.91 Å². The minimum atomic E-state index is -0.0272. The van der Waals surface area contributed by atoms with Gasteiger partial charge in [0, 0.05) is 32.1 Å². The van der Waals surface area contributed by atoms with Crippen LogP contribution in [0, 0.1) is 5.92 Å². The Morgan fingerprint density at radius 1 is 0.815 bits per heavy atom. The standard InChI is InChI=1S/C22H24N2O3/c25-21(23-12-14-24(15-13-23)22(26)19-6-7-19)16-27-20-10-8-18(9-11-20)17-4-2-1-3-5-17/h1-5,8-11,19H,6-7,12-16H2. The first-order chi connectivity index (χ1) is 13.2. The second-order valence-corrected chi connectivity index (χ2v) is 7.16. The topological polar surface area (TPSA) is 49.9 Å². The number of piperazine rings is 1. The first-order valence-corrected chi connectivity index (χ1v) is 9.55. The molecule has 1 saturated heterocycles. The molecule has 0 aromatic heterocycles. The molecule has 0 unspecified atom stereocenters. The van der Waals surface area contributed by atoms with Gasteiger partial charge in [0.05, 0.1) is 0 Å². The Kier molecular flexibility index (Phi) is 5.10. The van der Waals surface area contributed by atoms with Crippen molar-refractivity contribution in [2.24, 2.45) is 5.92 Å². The van der Waals surface area contributed by atoms with Gasteiger partial charge in [-0.2, -0.15) is 0 Å².